The molecule has 0 aliphatic rings. The highest BCUT2D eigenvalue weighted by molar-refractivity contribution is 7.90. The maximum Gasteiger partial charge on any atom is 0.221 e. The predicted octanol–water partition coefficient (Wildman–Crippen LogP) is 2.11. The summed E-state index contributed by atoms with van der Waals surface area (Å²) in [6.45, 7) is 7.62. The highest BCUT2D eigenvalue weighted by atomic mass is 32.2. The average molecular weight is 386 g/mol. The molecule has 148 valence electrons. The predicted molar refractivity (Wildman–Crippen MR) is 104 cm³/mol. The molecule has 0 saturated carbocycles. The number of hydrogen-bond acceptors (Lipinski definition) is 5. The molecule has 0 unspecified atom stereocenters. The van der Waals surface area contributed by atoms with E-state index < -0.39 is 15.6 Å². The number of rotatable bonds is 6. The van der Waals surface area contributed by atoms with Crippen LogP contribution in [0.5, 0.6) is 0 Å². The van der Waals surface area contributed by atoms with Gasteiger partial charge < -0.3 is 14.7 Å². The van der Waals surface area contributed by atoms with E-state index in [1.807, 2.05) is 13.8 Å². The largest absolute Gasteiger partial charge is 0.397 e. The fraction of sp³-hybridized carbons (Fsp3) is 0.526. The number of terminal acetylenes is 1. The molecule has 26 heavy (non-hydrogen) atoms. The molecule has 1 rings (SSSR count). The molecule has 0 heterocycles. The Kier molecular flexibility index (Phi) is 12.6. The van der Waals surface area contributed by atoms with Gasteiger partial charge in [-0.15, -0.1) is 12.8 Å². The molecule has 1 amide bonds. The summed E-state index contributed by atoms with van der Waals surface area (Å²) in [7, 11) is -1.61. The van der Waals surface area contributed by atoms with Crippen LogP contribution in [0.15, 0.2) is 29.2 Å². The number of ether oxygens (including phenoxy) is 1. The topological polar surface area (TPSA) is 83.9 Å². The van der Waals surface area contributed by atoms with Gasteiger partial charge in [-0.05, 0) is 44.9 Å². The van der Waals surface area contributed by atoms with E-state index >= 15 is 0 Å². The number of carbonyl (C=O) groups is 1. The van der Waals surface area contributed by atoms with Gasteiger partial charge in [-0.25, -0.2) is 8.42 Å². The summed E-state index contributed by atoms with van der Waals surface area (Å²) in [5.74, 6) is -0.0605. The Morgan fingerprint density at radius 2 is 1.65 bits per heavy atom. The molecule has 0 fully saturated rings. The summed E-state index contributed by atoms with van der Waals surface area (Å²) in [6, 6.07) is 6.72. The first-order chi connectivity index (χ1) is 12.0. The van der Waals surface area contributed by atoms with E-state index in [1.165, 1.54) is 13.2 Å². The minimum absolute atomic E-state index is 0.0605. The number of amides is 1. The Morgan fingerprint density at radius 1 is 1.23 bits per heavy atom. The lowest BCUT2D eigenvalue weighted by Gasteiger charge is -2.36. The first kappa shape index (κ1) is 26.4. The Morgan fingerprint density at radius 3 is 1.96 bits per heavy atom. The monoisotopic (exact) mass is 385 g/mol. The van der Waals surface area contributed by atoms with Crippen LogP contribution in [0.2, 0.25) is 0 Å². The quantitative estimate of drug-likeness (QED) is 0.599. The van der Waals surface area contributed by atoms with Crippen molar-refractivity contribution < 1.29 is 23.1 Å². The number of nitrogens with zero attached hydrogens (tertiary/aromatic N) is 1. The lowest BCUT2D eigenvalue weighted by atomic mass is 10.1. The van der Waals surface area contributed by atoms with Crippen molar-refractivity contribution in [3.8, 4) is 12.8 Å². The van der Waals surface area contributed by atoms with Gasteiger partial charge in [0.1, 0.15) is 5.72 Å². The van der Waals surface area contributed by atoms with Crippen molar-refractivity contribution in [3.05, 3.63) is 29.8 Å². The van der Waals surface area contributed by atoms with Crippen LogP contribution in [0.25, 0.3) is 0 Å². The van der Waals surface area contributed by atoms with Gasteiger partial charge in [-0.3, -0.25) is 4.79 Å². The molecule has 0 atom stereocenters. The normalized spacial score (nSPS) is 10.7. The van der Waals surface area contributed by atoms with E-state index in [-0.39, 0.29) is 12.5 Å². The molecular formula is C19H31NO5S. The first-order valence-corrected chi connectivity index (χ1v) is 9.95. The fourth-order valence-corrected chi connectivity index (χ4v) is 2.69. The number of methoxy groups -OCH3 is 1. The van der Waals surface area contributed by atoms with Gasteiger partial charge in [-0.1, -0.05) is 12.1 Å². The van der Waals surface area contributed by atoms with Crippen LogP contribution in [0, 0.1) is 12.8 Å². The zero-order valence-electron chi connectivity index (χ0n) is 16.5. The fourth-order valence-electron chi connectivity index (χ4n) is 2.06. The number of hydrogen-bond donors (Lipinski definition) is 1. The minimum Gasteiger partial charge on any atom is -0.397 e. The van der Waals surface area contributed by atoms with Crippen LogP contribution in [0.4, 0.5) is 0 Å². The molecule has 0 bridgehead atoms. The molecule has 0 spiro atoms. The molecule has 0 saturated heterocycles. The lowest BCUT2D eigenvalue weighted by Crippen LogP contribution is -2.49. The molecule has 1 aromatic rings. The zero-order chi connectivity index (χ0) is 21.0. The van der Waals surface area contributed by atoms with E-state index in [0.29, 0.717) is 17.9 Å². The number of aliphatic hydroxyl groups is 1. The highest BCUT2D eigenvalue weighted by Crippen LogP contribution is 2.17. The van der Waals surface area contributed by atoms with E-state index in [2.05, 4.69) is 12.8 Å². The molecular weight excluding hydrogens is 354 g/mol. The van der Waals surface area contributed by atoms with Crippen LogP contribution in [-0.2, 0) is 25.8 Å². The molecule has 1 aromatic carbocycles. The summed E-state index contributed by atoms with van der Waals surface area (Å²) in [5.41, 5.74) is 0.305. The van der Waals surface area contributed by atoms with Crippen LogP contribution in [0.1, 0.15) is 33.3 Å². The third-order valence-corrected chi connectivity index (χ3v) is 4.63. The van der Waals surface area contributed by atoms with Crippen molar-refractivity contribution in [3.63, 3.8) is 0 Å². The third-order valence-electron chi connectivity index (χ3n) is 3.51. The van der Waals surface area contributed by atoms with E-state index in [0.717, 1.165) is 5.56 Å². The van der Waals surface area contributed by atoms with Crippen molar-refractivity contribution in [1.82, 2.24) is 4.90 Å². The zero-order valence-corrected chi connectivity index (χ0v) is 17.3. The maximum absolute atomic E-state index is 11.7. The molecule has 0 aliphatic heterocycles. The summed E-state index contributed by atoms with van der Waals surface area (Å²) >= 11 is 0. The molecule has 0 aliphatic carbocycles. The van der Waals surface area contributed by atoms with Crippen molar-refractivity contribution in [1.29, 1.82) is 0 Å². The number of benzene rings is 1. The molecule has 7 heteroatoms. The van der Waals surface area contributed by atoms with Crippen LogP contribution in [0.3, 0.4) is 0 Å². The number of carbonyl (C=O) groups excluding carboxylic acids is 1. The van der Waals surface area contributed by atoms with Crippen LogP contribution in [-0.4, -0.2) is 56.6 Å². The Hall–Kier alpha value is -1.88. The second-order valence-corrected chi connectivity index (χ2v) is 7.82. The Balaban J connectivity index is 0. The smallest absolute Gasteiger partial charge is 0.221 e. The Labute approximate surface area is 158 Å². The molecule has 1 N–H and O–H groups in total. The van der Waals surface area contributed by atoms with E-state index in [1.54, 1.807) is 43.2 Å². The van der Waals surface area contributed by atoms with Gasteiger partial charge in [0.05, 0.1) is 4.90 Å². The first-order valence-electron chi connectivity index (χ1n) is 8.06. The molecule has 0 aromatic heterocycles. The highest BCUT2D eigenvalue weighted by Gasteiger charge is 2.27. The number of sulfone groups is 1. The number of aliphatic hydroxyl groups excluding tert-OH is 1. The van der Waals surface area contributed by atoms with Crippen LogP contribution >= 0.6 is 0 Å². The summed E-state index contributed by atoms with van der Waals surface area (Å²) in [4.78, 5) is 13.7. The van der Waals surface area contributed by atoms with E-state index in [9.17, 15) is 13.2 Å². The molecule has 0 radical (unpaired) electrons. The third kappa shape index (κ3) is 9.56. The van der Waals surface area contributed by atoms with Crippen molar-refractivity contribution in [2.45, 2.75) is 44.7 Å². The SMILES string of the molecule is C#C.CCO.COC(C)(C)N(CCc1ccc(S(C)(=O)=O)cc1)C(C)=O. The summed E-state index contributed by atoms with van der Waals surface area (Å²) in [5, 5.41) is 7.57. The minimum atomic E-state index is -3.18. The Bertz CT molecular complexity index is 648. The van der Waals surface area contributed by atoms with E-state index in [4.69, 9.17) is 9.84 Å². The van der Waals surface area contributed by atoms with Crippen LogP contribution < -0.4 is 0 Å². The van der Waals surface area contributed by atoms with Gasteiger partial charge >= 0.3 is 0 Å². The van der Waals surface area contributed by atoms with Crippen molar-refractivity contribution in [2.24, 2.45) is 0 Å². The van der Waals surface area contributed by atoms with Crippen molar-refractivity contribution in [2.75, 3.05) is 26.5 Å². The lowest BCUT2D eigenvalue weighted by molar-refractivity contribution is -0.157. The van der Waals surface area contributed by atoms with Gasteiger partial charge in [0.25, 0.3) is 0 Å². The van der Waals surface area contributed by atoms with Crippen molar-refractivity contribution >= 4 is 15.7 Å². The standard InChI is InChI=1S/C15H23NO4S.C2H6O.C2H2/c1-12(17)16(15(2,3)20-4)11-10-13-6-8-14(9-7-13)21(5,18)19;1-2-3;1-2/h6-9H,10-11H2,1-5H3;3H,2H2,1H3;1-2H. The van der Waals surface area contributed by atoms with Gasteiger partial charge in [0.2, 0.25) is 5.91 Å². The second kappa shape index (κ2) is 12.5. The average Bonchev–Trinajstić information content (AvgIpc) is 2.56. The van der Waals surface area contributed by atoms with Gasteiger partial charge in [-0.2, -0.15) is 0 Å². The van der Waals surface area contributed by atoms with Gasteiger partial charge in [0.15, 0.2) is 9.84 Å². The summed E-state index contributed by atoms with van der Waals surface area (Å²) in [6.07, 6.45) is 9.82. The van der Waals surface area contributed by atoms with Gasteiger partial charge in [0, 0.05) is 33.4 Å². The summed E-state index contributed by atoms with van der Waals surface area (Å²) < 4.78 is 28.1. The maximum atomic E-state index is 11.7. The second-order valence-electron chi connectivity index (χ2n) is 5.80. The molecule has 6 nitrogen and oxygen atoms in total.